The zero-order valence-corrected chi connectivity index (χ0v) is 18.4. The fourth-order valence-corrected chi connectivity index (χ4v) is 3.85. The topological polar surface area (TPSA) is 98.7 Å². The van der Waals surface area contributed by atoms with Crippen molar-refractivity contribution in [3.05, 3.63) is 96.1 Å². The number of amides is 1. The number of nitrogens with two attached hydrogens (primary N) is 1. The fraction of sp³-hybridized carbons (Fsp3) is 0.0769. The van der Waals surface area contributed by atoms with Gasteiger partial charge in [-0.05, 0) is 66.6 Å². The van der Waals surface area contributed by atoms with Crippen molar-refractivity contribution in [1.82, 2.24) is 19.5 Å². The number of hydrogen-bond donors (Lipinski definition) is 2. The molecule has 3 heterocycles. The first-order valence-corrected chi connectivity index (χ1v) is 10.7. The van der Waals surface area contributed by atoms with E-state index in [9.17, 15) is 9.18 Å². The number of halogens is 1. The molecule has 3 N–H and O–H groups in total. The Bertz CT molecular complexity index is 1510. The molecular formula is C26H21FN6O. The van der Waals surface area contributed by atoms with E-state index in [4.69, 9.17) is 10.7 Å². The molecule has 0 spiro atoms. The monoisotopic (exact) mass is 452 g/mol. The summed E-state index contributed by atoms with van der Waals surface area (Å²) in [7, 11) is 0. The van der Waals surface area contributed by atoms with Gasteiger partial charge in [0.2, 0.25) is 5.91 Å². The second-order valence-corrected chi connectivity index (χ2v) is 7.91. The number of aryl methyl sites for hydroxylation is 1. The van der Waals surface area contributed by atoms with E-state index in [0.29, 0.717) is 28.5 Å². The Kier molecular flexibility index (Phi) is 5.47. The molecule has 0 aliphatic heterocycles. The highest BCUT2D eigenvalue weighted by Crippen LogP contribution is 2.31. The van der Waals surface area contributed by atoms with Crippen molar-refractivity contribution in [1.29, 1.82) is 0 Å². The number of carbonyl (C=O) groups excluding carboxylic acids is 1. The van der Waals surface area contributed by atoms with Gasteiger partial charge in [0.25, 0.3) is 0 Å². The summed E-state index contributed by atoms with van der Waals surface area (Å²) in [5.41, 5.74) is 11.4. The summed E-state index contributed by atoms with van der Waals surface area (Å²) in [5.74, 6) is 0.387. The quantitative estimate of drug-likeness (QED) is 0.403. The highest BCUT2D eigenvalue weighted by molar-refractivity contribution is 5.92. The normalized spacial score (nSPS) is 11.0. The van der Waals surface area contributed by atoms with Crippen molar-refractivity contribution in [2.75, 3.05) is 11.1 Å². The second-order valence-electron chi connectivity index (χ2n) is 7.91. The minimum atomic E-state index is -0.399. The van der Waals surface area contributed by atoms with Gasteiger partial charge in [0.05, 0.1) is 12.0 Å². The lowest BCUT2D eigenvalue weighted by atomic mass is 10.1. The van der Waals surface area contributed by atoms with Gasteiger partial charge in [0.15, 0.2) is 11.5 Å². The zero-order chi connectivity index (χ0) is 23.7. The maximum atomic E-state index is 13.4. The summed E-state index contributed by atoms with van der Waals surface area (Å²) in [6, 6.07) is 19.0. The van der Waals surface area contributed by atoms with Crippen LogP contribution in [0.5, 0.6) is 0 Å². The number of anilines is 2. The summed E-state index contributed by atoms with van der Waals surface area (Å²) in [6.07, 6.45) is 3.54. The zero-order valence-electron chi connectivity index (χ0n) is 18.4. The summed E-state index contributed by atoms with van der Waals surface area (Å²) >= 11 is 0. The second kappa shape index (κ2) is 8.74. The number of hydrogen-bond acceptors (Lipinski definition) is 5. The Labute approximate surface area is 195 Å². The summed E-state index contributed by atoms with van der Waals surface area (Å²) in [4.78, 5) is 26.0. The number of fused-ring (bicyclic) bond motifs is 1. The van der Waals surface area contributed by atoms with E-state index in [-0.39, 0.29) is 12.3 Å². The van der Waals surface area contributed by atoms with Crippen LogP contribution in [0.3, 0.4) is 0 Å². The third-order valence-electron chi connectivity index (χ3n) is 5.50. The first-order valence-electron chi connectivity index (χ1n) is 10.7. The van der Waals surface area contributed by atoms with Gasteiger partial charge in [-0.2, -0.15) is 0 Å². The number of nitrogens with zero attached hydrogens (tertiary/aromatic N) is 4. The van der Waals surface area contributed by atoms with E-state index in [1.807, 2.05) is 54.0 Å². The lowest BCUT2D eigenvalue weighted by Gasteiger charge is -2.11. The van der Waals surface area contributed by atoms with Crippen LogP contribution in [0.2, 0.25) is 0 Å². The molecule has 34 heavy (non-hydrogen) atoms. The predicted molar refractivity (Wildman–Crippen MR) is 130 cm³/mol. The van der Waals surface area contributed by atoms with E-state index < -0.39 is 5.82 Å². The van der Waals surface area contributed by atoms with Crippen molar-refractivity contribution in [2.24, 2.45) is 0 Å². The molecule has 0 atom stereocenters. The number of nitrogens with one attached hydrogen (secondary N) is 1. The Balaban J connectivity index is 1.48. The van der Waals surface area contributed by atoms with Crippen LogP contribution >= 0.6 is 0 Å². The van der Waals surface area contributed by atoms with Crippen molar-refractivity contribution in [3.8, 4) is 17.1 Å². The Morgan fingerprint density at radius 1 is 1.03 bits per heavy atom. The molecule has 0 bridgehead atoms. The predicted octanol–water partition coefficient (Wildman–Crippen LogP) is 4.69. The van der Waals surface area contributed by atoms with Crippen LogP contribution in [0.1, 0.15) is 11.1 Å². The molecule has 168 valence electrons. The standard InChI is InChI=1S/C26H21FN6O/c1-16-11-13-30-26-23(16)32-25(21-6-3-12-29-24(21)28)33(26)20-9-7-17(8-10-20)14-22(34)31-19-5-2-4-18(27)15-19/h2-13,15H,14H2,1H3,(H2,28,29)(H,31,34). The Morgan fingerprint density at radius 2 is 1.85 bits per heavy atom. The van der Waals surface area contributed by atoms with Gasteiger partial charge in [-0.3, -0.25) is 9.36 Å². The highest BCUT2D eigenvalue weighted by atomic mass is 19.1. The maximum Gasteiger partial charge on any atom is 0.228 e. The van der Waals surface area contributed by atoms with Crippen LogP contribution in [0.4, 0.5) is 15.9 Å². The maximum absolute atomic E-state index is 13.4. The van der Waals surface area contributed by atoms with Gasteiger partial charge >= 0.3 is 0 Å². The van der Waals surface area contributed by atoms with Crippen molar-refractivity contribution in [3.63, 3.8) is 0 Å². The highest BCUT2D eigenvalue weighted by Gasteiger charge is 2.19. The van der Waals surface area contributed by atoms with Crippen LogP contribution < -0.4 is 11.1 Å². The average Bonchev–Trinajstić information content (AvgIpc) is 3.20. The van der Waals surface area contributed by atoms with Gasteiger partial charge < -0.3 is 11.1 Å². The molecule has 0 aliphatic carbocycles. The summed E-state index contributed by atoms with van der Waals surface area (Å²) < 4.78 is 15.3. The molecule has 0 fully saturated rings. The van der Waals surface area contributed by atoms with Gasteiger partial charge in [0, 0.05) is 23.8 Å². The molecule has 2 aromatic carbocycles. The number of aromatic nitrogens is 4. The number of benzene rings is 2. The fourth-order valence-electron chi connectivity index (χ4n) is 3.85. The summed E-state index contributed by atoms with van der Waals surface area (Å²) in [6.45, 7) is 1.98. The average molecular weight is 452 g/mol. The number of nitrogen functional groups attached to an aromatic ring is 1. The van der Waals surface area contributed by atoms with Crippen LogP contribution in [0.15, 0.2) is 79.1 Å². The Morgan fingerprint density at radius 3 is 2.62 bits per heavy atom. The third-order valence-corrected chi connectivity index (χ3v) is 5.50. The van der Waals surface area contributed by atoms with Crippen molar-refractivity contribution < 1.29 is 9.18 Å². The number of carbonyl (C=O) groups is 1. The molecule has 3 aromatic heterocycles. The molecular weight excluding hydrogens is 431 g/mol. The van der Waals surface area contributed by atoms with E-state index >= 15 is 0 Å². The lowest BCUT2D eigenvalue weighted by molar-refractivity contribution is -0.115. The SMILES string of the molecule is Cc1ccnc2c1nc(-c1cccnc1N)n2-c1ccc(CC(=O)Nc2cccc(F)c2)cc1. The molecule has 5 rings (SSSR count). The smallest absolute Gasteiger partial charge is 0.228 e. The van der Waals surface area contributed by atoms with Crippen LogP contribution in [-0.4, -0.2) is 25.4 Å². The first-order chi connectivity index (χ1) is 16.5. The Hall–Kier alpha value is -4.59. The van der Waals surface area contributed by atoms with Crippen LogP contribution in [-0.2, 0) is 11.2 Å². The third kappa shape index (κ3) is 4.09. The van der Waals surface area contributed by atoms with E-state index in [2.05, 4.69) is 15.3 Å². The molecule has 0 unspecified atom stereocenters. The number of pyridine rings is 2. The van der Waals surface area contributed by atoms with Crippen molar-refractivity contribution >= 4 is 28.6 Å². The van der Waals surface area contributed by atoms with Gasteiger partial charge in [-0.25, -0.2) is 19.3 Å². The molecule has 7 nitrogen and oxygen atoms in total. The minimum absolute atomic E-state index is 0.154. The van der Waals surface area contributed by atoms with Gasteiger partial charge in [0.1, 0.15) is 17.2 Å². The van der Waals surface area contributed by atoms with Crippen LogP contribution in [0, 0.1) is 12.7 Å². The minimum Gasteiger partial charge on any atom is -0.383 e. The van der Waals surface area contributed by atoms with E-state index in [1.165, 1.54) is 12.1 Å². The molecule has 1 amide bonds. The van der Waals surface area contributed by atoms with Crippen molar-refractivity contribution in [2.45, 2.75) is 13.3 Å². The number of rotatable bonds is 5. The van der Waals surface area contributed by atoms with Gasteiger partial charge in [-0.15, -0.1) is 0 Å². The van der Waals surface area contributed by atoms with E-state index in [1.54, 1.807) is 24.5 Å². The first kappa shape index (κ1) is 21.3. The molecule has 0 saturated carbocycles. The van der Waals surface area contributed by atoms with Crippen LogP contribution in [0.25, 0.3) is 28.2 Å². The molecule has 0 aliphatic rings. The van der Waals surface area contributed by atoms with E-state index in [0.717, 1.165) is 22.3 Å². The summed E-state index contributed by atoms with van der Waals surface area (Å²) in [5, 5.41) is 2.72. The molecule has 0 saturated heterocycles. The van der Waals surface area contributed by atoms with Gasteiger partial charge in [-0.1, -0.05) is 18.2 Å². The molecule has 0 radical (unpaired) electrons. The lowest BCUT2D eigenvalue weighted by Crippen LogP contribution is -2.14. The molecule has 8 heteroatoms. The number of imidazole rings is 1. The largest absolute Gasteiger partial charge is 0.383 e. The molecule has 5 aromatic rings.